The maximum absolute atomic E-state index is 12.5. The van der Waals surface area contributed by atoms with Gasteiger partial charge in [-0.2, -0.15) is 0 Å². The highest BCUT2D eigenvalue weighted by Gasteiger charge is 2.24. The van der Waals surface area contributed by atoms with Gasteiger partial charge in [-0.25, -0.2) is 4.79 Å². The number of carboxylic acids is 1. The zero-order chi connectivity index (χ0) is 23.7. The number of hydrogen-bond acceptors (Lipinski definition) is 5. The van der Waals surface area contributed by atoms with E-state index < -0.39 is 11.4 Å². The Morgan fingerprint density at radius 1 is 1.27 bits per heavy atom. The van der Waals surface area contributed by atoms with E-state index in [1.807, 2.05) is 29.8 Å². The summed E-state index contributed by atoms with van der Waals surface area (Å²) in [5.41, 5.74) is 1.94. The van der Waals surface area contributed by atoms with Gasteiger partial charge in [-0.15, -0.1) is 0 Å². The van der Waals surface area contributed by atoms with Crippen LogP contribution in [0.1, 0.15) is 49.2 Å². The van der Waals surface area contributed by atoms with E-state index in [1.54, 1.807) is 0 Å². The number of amides is 1. The van der Waals surface area contributed by atoms with E-state index in [0.717, 1.165) is 40.3 Å². The van der Waals surface area contributed by atoms with E-state index in [4.69, 9.17) is 4.74 Å². The SMILES string of the molecule is CC/C(C)=c1/c(OCC2CCC(=O)N2)ccc/c1=C1\c2cc(=O)c(C(=O)O)cn2CCN1C. The standard InChI is InChI=1S/C25H29N3O5/c1-4-15(2)23-17(6-5-7-21(23)33-14-16-8-9-22(30)26-16)24-19-12-20(29)18(25(31)32)13-28(19)11-10-27(24)3/h5-7,12-13,16H,4,8-11,14H2,1-3H3,(H,26,30)(H,31,32)/b23-15+,24-17-. The number of fused-ring (bicyclic) bond motifs is 1. The predicted octanol–water partition coefficient (Wildman–Crippen LogP) is 0.886. The van der Waals surface area contributed by atoms with Crippen LogP contribution < -0.4 is 25.9 Å². The number of likely N-dealkylation sites (N-methyl/N-ethyl adjacent to an activating group) is 1. The van der Waals surface area contributed by atoms with Gasteiger partial charge in [0.1, 0.15) is 17.9 Å². The summed E-state index contributed by atoms with van der Waals surface area (Å²) in [6, 6.07) is 7.28. The lowest BCUT2D eigenvalue weighted by molar-refractivity contribution is -0.119. The summed E-state index contributed by atoms with van der Waals surface area (Å²) in [4.78, 5) is 37.7. The molecule has 0 bridgehead atoms. The first-order valence-electron chi connectivity index (χ1n) is 11.2. The van der Waals surface area contributed by atoms with Crippen LogP contribution in [-0.2, 0) is 11.3 Å². The third kappa shape index (κ3) is 4.37. The van der Waals surface area contributed by atoms with Crippen LogP contribution in [0.25, 0.3) is 11.3 Å². The molecule has 0 aliphatic carbocycles. The van der Waals surface area contributed by atoms with Gasteiger partial charge < -0.3 is 24.6 Å². The van der Waals surface area contributed by atoms with E-state index >= 15 is 0 Å². The monoisotopic (exact) mass is 451 g/mol. The quantitative estimate of drug-likeness (QED) is 0.700. The van der Waals surface area contributed by atoms with Gasteiger partial charge in [0.25, 0.3) is 0 Å². The van der Waals surface area contributed by atoms with Crippen LogP contribution in [0.4, 0.5) is 0 Å². The number of nitrogens with one attached hydrogen (secondary N) is 1. The van der Waals surface area contributed by atoms with Gasteiger partial charge in [0, 0.05) is 49.3 Å². The normalized spacial score (nSPS) is 20.3. The van der Waals surface area contributed by atoms with Gasteiger partial charge in [0.2, 0.25) is 5.91 Å². The third-order valence-corrected chi connectivity index (χ3v) is 6.42. The van der Waals surface area contributed by atoms with Crippen LogP contribution >= 0.6 is 0 Å². The van der Waals surface area contributed by atoms with Crippen LogP contribution in [0, 0.1) is 0 Å². The first kappa shape index (κ1) is 22.6. The molecule has 1 atom stereocenters. The zero-order valence-corrected chi connectivity index (χ0v) is 19.2. The molecule has 2 aliphatic rings. The number of carboxylic acid groups (broad SMARTS) is 1. The molecule has 8 heteroatoms. The Hall–Kier alpha value is -3.55. The second-order valence-corrected chi connectivity index (χ2v) is 8.63. The summed E-state index contributed by atoms with van der Waals surface area (Å²) < 4.78 is 8.05. The van der Waals surface area contributed by atoms with Crippen molar-refractivity contribution in [1.29, 1.82) is 0 Å². The predicted molar refractivity (Wildman–Crippen MR) is 125 cm³/mol. The minimum atomic E-state index is -1.22. The Balaban J connectivity index is 1.92. The van der Waals surface area contributed by atoms with Gasteiger partial charge in [0.05, 0.1) is 17.4 Å². The third-order valence-electron chi connectivity index (χ3n) is 6.42. The van der Waals surface area contributed by atoms with Crippen molar-refractivity contribution in [3.05, 3.63) is 62.4 Å². The van der Waals surface area contributed by atoms with Crippen LogP contribution in [0.5, 0.6) is 5.75 Å². The van der Waals surface area contributed by atoms with Crippen LogP contribution in [0.15, 0.2) is 35.3 Å². The minimum absolute atomic E-state index is 0.00492. The van der Waals surface area contributed by atoms with Gasteiger partial charge in [-0.1, -0.05) is 24.6 Å². The molecule has 0 spiro atoms. The highest BCUT2D eigenvalue weighted by molar-refractivity contribution is 5.87. The molecule has 3 heterocycles. The van der Waals surface area contributed by atoms with Gasteiger partial charge in [-0.05, 0) is 25.8 Å². The van der Waals surface area contributed by atoms with E-state index in [0.29, 0.717) is 31.8 Å². The van der Waals surface area contributed by atoms with Crippen molar-refractivity contribution < 1.29 is 19.4 Å². The summed E-state index contributed by atoms with van der Waals surface area (Å²) in [6.45, 7) is 5.79. The van der Waals surface area contributed by atoms with Crippen molar-refractivity contribution in [3.8, 4) is 5.75 Å². The molecule has 2 N–H and O–H groups in total. The smallest absolute Gasteiger partial charge is 0.341 e. The largest absolute Gasteiger partial charge is 0.491 e. The average molecular weight is 452 g/mol. The highest BCUT2D eigenvalue weighted by atomic mass is 16.5. The van der Waals surface area contributed by atoms with Crippen LogP contribution in [0.3, 0.4) is 0 Å². The number of ether oxygens (including phenoxy) is 1. The summed E-state index contributed by atoms with van der Waals surface area (Å²) in [5, 5.41) is 14.2. The van der Waals surface area contributed by atoms with Crippen LogP contribution in [-0.4, -0.2) is 52.7 Å². The van der Waals surface area contributed by atoms with Crippen molar-refractivity contribution in [3.63, 3.8) is 0 Å². The van der Waals surface area contributed by atoms with Crippen LogP contribution in [0.2, 0.25) is 0 Å². The van der Waals surface area contributed by atoms with E-state index in [1.165, 1.54) is 12.3 Å². The maximum atomic E-state index is 12.5. The molecule has 1 saturated heterocycles. The number of carbonyl (C=O) groups excluding carboxylic acids is 1. The molecule has 2 aliphatic heterocycles. The molecule has 8 nitrogen and oxygen atoms in total. The summed E-state index contributed by atoms with van der Waals surface area (Å²) >= 11 is 0. The van der Waals surface area contributed by atoms with Crippen molar-refractivity contribution >= 4 is 23.1 Å². The Morgan fingerprint density at radius 3 is 2.73 bits per heavy atom. The number of nitrogens with zero attached hydrogens (tertiary/aromatic N) is 2. The van der Waals surface area contributed by atoms with Crippen molar-refractivity contribution in [2.24, 2.45) is 0 Å². The minimum Gasteiger partial charge on any atom is -0.491 e. The van der Waals surface area contributed by atoms with Gasteiger partial charge >= 0.3 is 5.97 Å². The lowest BCUT2D eigenvalue weighted by atomic mass is 10.0. The second kappa shape index (κ2) is 9.13. The number of rotatable bonds is 5. The molecular formula is C25H29N3O5. The van der Waals surface area contributed by atoms with Crippen molar-refractivity contribution in [1.82, 2.24) is 14.8 Å². The number of benzene rings is 1. The number of pyridine rings is 1. The molecule has 1 amide bonds. The molecular weight excluding hydrogens is 422 g/mol. The topological polar surface area (TPSA) is 101 Å². The summed E-state index contributed by atoms with van der Waals surface area (Å²) in [6.07, 6.45) is 3.53. The Kier molecular flexibility index (Phi) is 6.26. The zero-order valence-electron chi connectivity index (χ0n) is 19.2. The summed E-state index contributed by atoms with van der Waals surface area (Å²) in [7, 11) is 1.97. The Morgan fingerprint density at radius 2 is 2.06 bits per heavy atom. The molecule has 2 aromatic rings. The fourth-order valence-corrected chi connectivity index (χ4v) is 4.49. The molecule has 1 unspecified atom stereocenters. The van der Waals surface area contributed by atoms with Crippen molar-refractivity contribution in [2.75, 3.05) is 20.2 Å². The average Bonchev–Trinajstić information content (AvgIpc) is 3.21. The molecule has 1 aromatic heterocycles. The molecule has 0 saturated carbocycles. The fraction of sp³-hybridized carbons (Fsp3) is 0.400. The highest BCUT2D eigenvalue weighted by Crippen LogP contribution is 2.20. The lowest BCUT2D eigenvalue weighted by Crippen LogP contribution is -2.41. The number of aromatic carboxylic acids is 1. The van der Waals surface area contributed by atoms with E-state index in [2.05, 4.69) is 24.1 Å². The first-order valence-corrected chi connectivity index (χ1v) is 11.2. The van der Waals surface area contributed by atoms with Crippen molar-refractivity contribution in [2.45, 2.75) is 45.7 Å². The second-order valence-electron chi connectivity index (χ2n) is 8.63. The number of aromatic nitrogens is 1. The number of hydrogen-bond donors (Lipinski definition) is 2. The van der Waals surface area contributed by atoms with E-state index in [-0.39, 0.29) is 17.5 Å². The number of carbonyl (C=O) groups is 2. The van der Waals surface area contributed by atoms with Gasteiger partial charge in [-0.3, -0.25) is 9.59 Å². The maximum Gasteiger partial charge on any atom is 0.341 e. The molecule has 0 radical (unpaired) electrons. The lowest BCUT2D eigenvalue weighted by Gasteiger charge is -2.32. The molecule has 1 fully saturated rings. The Bertz CT molecular complexity index is 1290. The molecule has 174 valence electrons. The summed E-state index contributed by atoms with van der Waals surface area (Å²) in [5.74, 6) is -0.437. The van der Waals surface area contributed by atoms with Gasteiger partial charge in [0.15, 0.2) is 5.43 Å². The molecule has 4 rings (SSSR count). The van der Waals surface area contributed by atoms with E-state index in [9.17, 15) is 19.5 Å². The first-order chi connectivity index (χ1) is 15.8. The fourth-order valence-electron chi connectivity index (χ4n) is 4.49. The molecule has 1 aromatic carbocycles. The molecule has 33 heavy (non-hydrogen) atoms. The Labute approximate surface area is 191 Å².